The van der Waals surface area contributed by atoms with Crippen LogP contribution in [0.1, 0.15) is 75.1 Å². The van der Waals surface area contributed by atoms with Gasteiger partial charge in [-0.2, -0.15) is 55.2 Å². The topological polar surface area (TPSA) is 522 Å². The maximum atomic E-state index is 14.7. The van der Waals surface area contributed by atoms with Gasteiger partial charge in [0.25, 0.3) is 47.9 Å². The number of ether oxygens (including phenoxy) is 1. The number of fused-ring (bicyclic) bond motifs is 4. The number of nitrogens with zero attached hydrogens (tertiary/aromatic N) is 6. The highest BCUT2D eigenvalue weighted by molar-refractivity contribution is 7.86. The zero-order chi connectivity index (χ0) is 76.1. The maximum absolute atomic E-state index is 14.7. The molecule has 4 heterocycles. The first-order chi connectivity index (χ1) is 51.7. The SMILES string of the molecule is O=COCNc1nc(Cc2cc(Nc3ccc4[nH]c(=O)c(C(=O)c5ccccc5)c5c4c3C(=O)c3ccccc3-5)ccc2S(=O)(=O)O)nc(NCCNc2nc(NCC(=O)O)nc(Nc3ccc(S(=O)(=O)O)c(Nc4ccc5[nH]c(=O)c(C(=O)c6cccc(S(=O)(=O)O)c6)c6c5c4C(=O)c4ccccc4-6)c3)n2)n1. The number of carbonyl (C=O) groups excluding carboxylic acids is 5. The van der Waals surface area contributed by atoms with E-state index >= 15 is 0 Å². The second kappa shape index (κ2) is 28.3. The number of hydrogen-bond donors (Lipinski definition) is 13. The van der Waals surface area contributed by atoms with Gasteiger partial charge in [0.15, 0.2) is 29.9 Å². The molecule has 37 heteroatoms. The molecule has 8 aromatic carbocycles. The number of pyridine rings is 2. The zero-order valence-corrected chi connectivity index (χ0v) is 57.5. The molecule has 0 spiro atoms. The number of hydrogen-bond acceptors (Lipinski definition) is 28. The molecule has 2 aliphatic rings. The predicted octanol–water partition coefficient (Wildman–Crippen LogP) is 7.75. The smallest absolute Gasteiger partial charge is 0.322 e. The van der Waals surface area contributed by atoms with Crippen molar-refractivity contribution in [2.45, 2.75) is 21.1 Å². The Morgan fingerprint density at radius 2 is 0.944 bits per heavy atom. The summed E-state index contributed by atoms with van der Waals surface area (Å²) in [5.74, 6) is -5.25. The van der Waals surface area contributed by atoms with Crippen molar-refractivity contribution >= 4 is 146 Å². The highest BCUT2D eigenvalue weighted by atomic mass is 32.2. The standard InChI is InChI=1S/C71H51N15O19S3/c87-33-105-32-75-70-82-51(29-36-27-37(17-23-49(36)107(99,100)101)76-46-21-19-44-55-53(40-13-4-6-15-42(40)63(92)57(46)55)59(65(94)79-44)61(90)34-9-2-1-3-10-34)81-67(83-70)72-25-26-73-68-84-69(74-31-52(88)89)86-71(85-68)77-38-18-24-50(108(102,103)104)48(30-38)78-47-22-20-45-56-54(41-14-5-7-16-43(41)64(93)58(47)56)60(66(95)80-45)62(91)35-11-8-12-39(28-35)106(96,97)98/h1-24,27-28,30,33,76,78H,25-26,29,31-32H2,(H,79,94)(H,80,95)(H,88,89)(H,96,97,98)(H,99,100,101)(H,102,103,104)(H2,72,75,81,82,83)(H3,73,74,77,84,85,86). The minimum Gasteiger partial charge on any atom is -0.480 e. The molecule has 0 saturated carbocycles. The first-order valence-electron chi connectivity index (χ1n) is 31.9. The van der Waals surface area contributed by atoms with Gasteiger partial charge >= 0.3 is 5.97 Å². The lowest BCUT2D eigenvalue weighted by atomic mass is 9.80. The van der Waals surface area contributed by atoms with Gasteiger partial charge < -0.3 is 57.0 Å². The number of benzene rings is 8. The number of rotatable bonds is 27. The number of aliphatic carboxylic acids is 1. The first-order valence-corrected chi connectivity index (χ1v) is 36.2. The van der Waals surface area contributed by atoms with E-state index in [9.17, 15) is 82.4 Å². The Balaban J connectivity index is 0.737. The average molecular weight is 1510 g/mol. The molecule has 0 aliphatic heterocycles. The van der Waals surface area contributed by atoms with Gasteiger partial charge in [-0.1, -0.05) is 91.0 Å². The molecule has 13 N–H and O–H groups in total. The summed E-state index contributed by atoms with van der Waals surface area (Å²) in [6.07, 6.45) is -0.435. The summed E-state index contributed by atoms with van der Waals surface area (Å²) in [5.41, 5.74) is -1.47. The second-order valence-electron chi connectivity index (χ2n) is 23.9. The van der Waals surface area contributed by atoms with Crippen LogP contribution in [-0.4, -0.2) is 146 Å². The van der Waals surface area contributed by atoms with Crippen molar-refractivity contribution in [2.24, 2.45) is 0 Å². The molecule has 34 nitrogen and oxygen atoms in total. The fourth-order valence-corrected chi connectivity index (χ4v) is 14.5. The van der Waals surface area contributed by atoms with Crippen LogP contribution in [0, 0.1) is 0 Å². The van der Waals surface area contributed by atoms with Gasteiger partial charge in [0.05, 0.1) is 49.1 Å². The first kappa shape index (κ1) is 71.2. The van der Waals surface area contributed by atoms with Crippen molar-refractivity contribution in [2.75, 3.05) is 63.6 Å². The van der Waals surface area contributed by atoms with Gasteiger partial charge in [-0.25, -0.2) is 0 Å². The van der Waals surface area contributed by atoms with Crippen molar-refractivity contribution in [3.05, 3.63) is 240 Å². The largest absolute Gasteiger partial charge is 0.480 e. The lowest BCUT2D eigenvalue weighted by molar-refractivity contribution is -0.135. The van der Waals surface area contributed by atoms with Crippen molar-refractivity contribution < 1.29 is 77.5 Å². The fourth-order valence-electron chi connectivity index (χ4n) is 12.6. The lowest BCUT2D eigenvalue weighted by Gasteiger charge is -2.24. The number of H-pyrrole nitrogens is 2. The molecule has 0 atom stereocenters. The lowest BCUT2D eigenvalue weighted by Crippen LogP contribution is -2.24. The Bertz CT molecular complexity index is 6380. The molecular formula is C71H51N15O19S3. The summed E-state index contributed by atoms with van der Waals surface area (Å²) in [6.45, 7) is -1.16. The zero-order valence-electron chi connectivity index (χ0n) is 55.0. The van der Waals surface area contributed by atoms with Crippen LogP contribution < -0.4 is 48.3 Å². The molecular weight excluding hydrogens is 1460 g/mol. The van der Waals surface area contributed by atoms with E-state index in [0.717, 1.165) is 24.3 Å². The van der Waals surface area contributed by atoms with E-state index in [4.69, 9.17) is 4.74 Å². The Hall–Kier alpha value is -13.9. The van der Waals surface area contributed by atoms with Gasteiger partial charge in [0.2, 0.25) is 29.7 Å². The summed E-state index contributed by atoms with van der Waals surface area (Å²) in [4.78, 5) is 138. The molecule has 108 heavy (non-hydrogen) atoms. The van der Waals surface area contributed by atoms with Gasteiger partial charge in [-0.15, -0.1) is 0 Å². The number of aromatic amines is 2. The molecule has 0 amide bonds. The predicted molar refractivity (Wildman–Crippen MR) is 390 cm³/mol. The van der Waals surface area contributed by atoms with E-state index in [2.05, 4.69) is 77.1 Å². The monoisotopic (exact) mass is 1510 g/mol. The van der Waals surface area contributed by atoms with Gasteiger partial charge in [0, 0.05) is 86.1 Å². The van der Waals surface area contributed by atoms with Crippen LogP contribution in [0.3, 0.4) is 0 Å². The molecule has 0 bridgehead atoms. The number of nitrogens with one attached hydrogen (secondary N) is 9. The van der Waals surface area contributed by atoms with E-state index < -0.39 is 111 Å². The molecule has 0 unspecified atom stereocenters. The van der Waals surface area contributed by atoms with Crippen LogP contribution in [0.15, 0.2) is 188 Å². The highest BCUT2D eigenvalue weighted by Crippen LogP contribution is 2.46. The Morgan fingerprint density at radius 3 is 1.50 bits per heavy atom. The van der Waals surface area contributed by atoms with E-state index in [1.165, 1.54) is 72.8 Å². The van der Waals surface area contributed by atoms with Crippen LogP contribution in [0.5, 0.6) is 0 Å². The quantitative estimate of drug-likeness (QED) is 0.00769. The van der Waals surface area contributed by atoms with Gasteiger partial charge in [-0.05, 0) is 89.5 Å². The third kappa shape index (κ3) is 14.1. The Labute approximate surface area is 607 Å². The summed E-state index contributed by atoms with van der Waals surface area (Å²) in [6, 6.07) is 38.0. The van der Waals surface area contributed by atoms with Gasteiger partial charge in [0.1, 0.15) is 17.3 Å². The fraction of sp³-hybridized carbons (Fsp3) is 0.0704. The van der Waals surface area contributed by atoms with E-state index in [1.54, 1.807) is 66.7 Å². The van der Waals surface area contributed by atoms with Crippen molar-refractivity contribution in [3.8, 4) is 22.3 Å². The summed E-state index contributed by atoms with van der Waals surface area (Å²) in [7, 11) is -14.9. The van der Waals surface area contributed by atoms with Crippen LogP contribution >= 0.6 is 0 Å². The number of anilines is 10. The molecule has 0 saturated heterocycles. The number of carbonyl (C=O) groups is 6. The Morgan fingerprint density at radius 1 is 0.454 bits per heavy atom. The Kier molecular flexibility index (Phi) is 18.7. The normalized spacial score (nSPS) is 12.2. The minimum atomic E-state index is -5.10. The molecule has 0 radical (unpaired) electrons. The third-order valence-electron chi connectivity index (χ3n) is 17.1. The average Bonchev–Trinajstić information content (AvgIpc) is 0.717. The van der Waals surface area contributed by atoms with E-state index in [1.807, 2.05) is 0 Å². The number of carboxylic acids is 1. The summed E-state index contributed by atoms with van der Waals surface area (Å²) >= 11 is 0. The maximum Gasteiger partial charge on any atom is 0.322 e. The van der Waals surface area contributed by atoms with Crippen molar-refractivity contribution in [1.82, 2.24) is 39.9 Å². The molecule has 12 aromatic rings. The summed E-state index contributed by atoms with van der Waals surface area (Å²) < 4.78 is 112. The molecule has 14 rings (SSSR count). The number of ketones is 4. The molecule has 0 fully saturated rings. The number of aromatic nitrogens is 8. The molecule has 542 valence electrons. The van der Waals surface area contributed by atoms with E-state index in [-0.39, 0.29) is 167 Å². The number of carboxylic acid groups (broad SMARTS) is 1. The molecule has 2 aliphatic carbocycles. The van der Waals surface area contributed by atoms with Crippen LogP contribution in [-0.2, 0) is 51.1 Å². The third-order valence-corrected chi connectivity index (χ3v) is 19.8. The summed E-state index contributed by atoms with van der Waals surface area (Å²) in [5, 5.41) is 30.0. The van der Waals surface area contributed by atoms with Crippen LogP contribution in [0.4, 0.5) is 58.2 Å². The minimum absolute atomic E-state index is 0.00117. The van der Waals surface area contributed by atoms with Crippen molar-refractivity contribution in [1.29, 1.82) is 0 Å². The van der Waals surface area contributed by atoms with Crippen LogP contribution in [0.25, 0.3) is 44.1 Å². The molecule has 4 aromatic heterocycles. The highest BCUT2D eigenvalue weighted by Gasteiger charge is 2.36. The van der Waals surface area contributed by atoms with Crippen LogP contribution in [0.2, 0.25) is 0 Å². The van der Waals surface area contributed by atoms with Gasteiger partial charge in [-0.3, -0.25) is 52.0 Å². The van der Waals surface area contributed by atoms with E-state index in [0.29, 0.717) is 5.56 Å². The second-order valence-corrected chi connectivity index (χ2v) is 28.1. The van der Waals surface area contributed by atoms with Crippen molar-refractivity contribution in [3.63, 3.8) is 0 Å².